The molecule has 2 bridgehead atoms. The van der Waals surface area contributed by atoms with Gasteiger partial charge in [0.25, 0.3) is 0 Å². The first-order valence-electron chi connectivity index (χ1n) is 11.0. The van der Waals surface area contributed by atoms with Crippen LogP contribution in [0.25, 0.3) is 22.5 Å². The summed E-state index contributed by atoms with van der Waals surface area (Å²) in [5, 5.41) is 0.366. The Balaban J connectivity index is 1.53. The van der Waals surface area contributed by atoms with Crippen LogP contribution in [0.2, 0.25) is 5.02 Å². The standard InChI is InChI=1S/C24H21ClF3N5O/c1-2-21(34)33-13-16-9-17(33)12-32(16)20-11-30-22(14-3-5-15(6-4-14)24(26,27)28)23(31-20)18-7-8-29-10-19(18)25/h3-8,10-11,16-17H,2,9,12-13H2,1H3. The smallest absolute Gasteiger partial charge is 0.348 e. The molecule has 2 unspecified atom stereocenters. The minimum atomic E-state index is -4.42. The third kappa shape index (κ3) is 3.98. The molecule has 2 aliphatic rings. The Morgan fingerprint density at radius 1 is 1.09 bits per heavy atom. The minimum Gasteiger partial charge on any atom is -0.348 e. The summed E-state index contributed by atoms with van der Waals surface area (Å²) in [6.45, 7) is 3.17. The highest BCUT2D eigenvalue weighted by molar-refractivity contribution is 6.33. The van der Waals surface area contributed by atoms with Gasteiger partial charge in [0.2, 0.25) is 5.91 Å². The van der Waals surface area contributed by atoms with E-state index in [0.717, 1.165) is 18.6 Å². The van der Waals surface area contributed by atoms with Gasteiger partial charge in [-0.2, -0.15) is 13.2 Å². The first-order valence-corrected chi connectivity index (χ1v) is 11.3. The van der Waals surface area contributed by atoms with Crippen molar-refractivity contribution in [1.29, 1.82) is 0 Å². The Morgan fingerprint density at radius 3 is 2.47 bits per heavy atom. The second-order valence-electron chi connectivity index (χ2n) is 8.45. The zero-order valence-electron chi connectivity index (χ0n) is 18.3. The molecule has 10 heteroatoms. The predicted octanol–water partition coefficient (Wildman–Crippen LogP) is 5.08. The van der Waals surface area contributed by atoms with Gasteiger partial charge in [-0.05, 0) is 24.6 Å². The molecule has 0 radical (unpaired) electrons. The Bertz CT molecular complexity index is 1230. The van der Waals surface area contributed by atoms with Crippen LogP contribution in [0.3, 0.4) is 0 Å². The van der Waals surface area contributed by atoms with Crippen molar-refractivity contribution in [3.05, 3.63) is 59.5 Å². The van der Waals surface area contributed by atoms with E-state index < -0.39 is 11.7 Å². The number of amides is 1. The van der Waals surface area contributed by atoms with Crippen LogP contribution in [-0.4, -0.2) is 50.9 Å². The highest BCUT2D eigenvalue weighted by atomic mass is 35.5. The summed E-state index contributed by atoms with van der Waals surface area (Å²) in [5.41, 5.74) is 1.25. The molecule has 6 nitrogen and oxygen atoms in total. The summed E-state index contributed by atoms with van der Waals surface area (Å²) in [6, 6.07) is 6.83. The Labute approximate surface area is 199 Å². The molecule has 0 N–H and O–H groups in total. The second kappa shape index (κ2) is 8.54. The molecule has 176 valence electrons. The first-order chi connectivity index (χ1) is 16.3. The summed E-state index contributed by atoms with van der Waals surface area (Å²) in [5.74, 6) is 0.801. The number of fused-ring (bicyclic) bond motifs is 2. The first kappa shape index (κ1) is 22.6. The summed E-state index contributed by atoms with van der Waals surface area (Å²) in [7, 11) is 0. The lowest BCUT2D eigenvalue weighted by molar-refractivity contribution is -0.137. The lowest BCUT2D eigenvalue weighted by atomic mass is 10.0. The normalized spacial score (nSPS) is 19.7. The van der Waals surface area contributed by atoms with Crippen molar-refractivity contribution in [3.8, 4) is 22.5 Å². The van der Waals surface area contributed by atoms with Crippen LogP contribution >= 0.6 is 11.6 Å². The van der Waals surface area contributed by atoms with E-state index in [-0.39, 0.29) is 18.0 Å². The third-order valence-electron chi connectivity index (χ3n) is 6.43. The van der Waals surface area contributed by atoms with Gasteiger partial charge in [0.1, 0.15) is 11.5 Å². The molecule has 2 aromatic heterocycles. The van der Waals surface area contributed by atoms with Crippen molar-refractivity contribution in [2.45, 2.75) is 38.0 Å². The largest absolute Gasteiger partial charge is 0.416 e. The van der Waals surface area contributed by atoms with E-state index >= 15 is 0 Å². The van der Waals surface area contributed by atoms with E-state index in [2.05, 4.69) is 14.9 Å². The number of pyridine rings is 1. The molecule has 2 aliphatic heterocycles. The van der Waals surface area contributed by atoms with Crippen molar-refractivity contribution in [2.75, 3.05) is 18.0 Å². The van der Waals surface area contributed by atoms with E-state index in [4.69, 9.17) is 16.6 Å². The molecule has 4 heterocycles. The van der Waals surface area contributed by atoms with Gasteiger partial charge in [0.05, 0.1) is 34.6 Å². The number of piperazine rings is 1. The number of carbonyl (C=O) groups excluding carboxylic acids is 1. The number of hydrogen-bond acceptors (Lipinski definition) is 5. The SMILES string of the molecule is CCC(=O)N1CC2CC1CN2c1cnc(-c2ccc(C(F)(F)F)cc2)c(-c2ccncc2Cl)n1. The van der Waals surface area contributed by atoms with E-state index in [1.165, 1.54) is 18.3 Å². The molecule has 2 saturated heterocycles. The second-order valence-corrected chi connectivity index (χ2v) is 8.86. The predicted molar refractivity (Wildman–Crippen MR) is 122 cm³/mol. The van der Waals surface area contributed by atoms with Crippen molar-refractivity contribution >= 4 is 23.3 Å². The summed E-state index contributed by atoms with van der Waals surface area (Å²) in [4.78, 5) is 29.8. The van der Waals surface area contributed by atoms with E-state index in [1.807, 2.05) is 11.8 Å². The zero-order valence-corrected chi connectivity index (χ0v) is 19.0. The quantitative estimate of drug-likeness (QED) is 0.513. The molecule has 0 aliphatic carbocycles. The van der Waals surface area contributed by atoms with Crippen LogP contribution in [0, 0.1) is 0 Å². The van der Waals surface area contributed by atoms with Crippen LogP contribution in [0.1, 0.15) is 25.3 Å². The van der Waals surface area contributed by atoms with Gasteiger partial charge in [-0.25, -0.2) is 4.98 Å². The van der Waals surface area contributed by atoms with Gasteiger partial charge in [0, 0.05) is 43.0 Å². The van der Waals surface area contributed by atoms with Crippen molar-refractivity contribution in [3.63, 3.8) is 0 Å². The fraction of sp³-hybridized carbons (Fsp3) is 0.333. The number of anilines is 1. The van der Waals surface area contributed by atoms with Gasteiger partial charge in [-0.15, -0.1) is 0 Å². The Kier molecular flexibility index (Phi) is 5.67. The van der Waals surface area contributed by atoms with Crippen LogP contribution < -0.4 is 4.90 Å². The summed E-state index contributed by atoms with van der Waals surface area (Å²) >= 11 is 6.41. The van der Waals surface area contributed by atoms with Gasteiger partial charge in [0.15, 0.2) is 0 Å². The third-order valence-corrected chi connectivity index (χ3v) is 6.73. The Hall–Kier alpha value is -3.20. The zero-order chi connectivity index (χ0) is 24.0. The summed E-state index contributed by atoms with van der Waals surface area (Å²) < 4.78 is 39.1. The number of carbonyl (C=O) groups is 1. The van der Waals surface area contributed by atoms with Crippen molar-refractivity contribution in [2.24, 2.45) is 0 Å². The summed E-state index contributed by atoms with van der Waals surface area (Å²) in [6.07, 6.45) is 1.65. The maximum atomic E-state index is 13.0. The van der Waals surface area contributed by atoms with Crippen molar-refractivity contribution in [1.82, 2.24) is 19.9 Å². The van der Waals surface area contributed by atoms with E-state index in [1.54, 1.807) is 18.5 Å². The van der Waals surface area contributed by atoms with Crippen LogP contribution in [0.4, 0.5) is 19.0 Å². The lowest BCUT2D eigenvalue weighted by Crippen LogP contribution is -2.49. The highest BCUT2D eigenvalue weighted by Gasteiger charge is 2.45. The molecule has 34 heavy (non-hydrogen) atoms. The molecule has 1 aromatic carbocycles. The number of likely N-dealkylation sites (tertiary alicyclic amines) is 1. The molecule has 5 rings (SSSR count). The molecule has 0 saturated carbocycles. The topological polar surface area (TPSA) is 62.2 Å². The molecule has 3 aromatic rings. The van der Waals surface area contributed by atoms with Gasteiger partial charge in [-0.1, -0.05) is 30.7 Å². The number of alkyl halides is 3. The van der Waals surface area contributed by atoms with Crippen molar-refractivity contribution < 1.29 is 18.0 Å². The molecular weight excluding hydrogens is 467 g/mol. The molecule has 1 amide bonds. The fourth-order valence-corrected chi connectivity index (χ4v) is 4.97. The van der Waals surface area contributed by atoms with E-state index in [0.29, 0.717) is 52.9 Å². The number of aromatic nitrogens is 3. The number of rotatable bonds is 4. The molecule has 2 fully saturated rings. The maximum absolute atomic E-state index is 13.0. The average molecular weight is 488 g/mol. The van der Waals surface area contributed by atoms with Crippen LogP contribution in [0.5, 0.6) is 0 Å². The molecule has 0 spiro atoms. The van der Waals surface area contributed by atoms with Gasteiger partial charge >= 0.3 is 6.18 Å². The maximum Gasteiger partial charge on any atom is 0.416 e. The molecular formula is C24H21ClF3N5O. The van der Waals surface area contributed by atoms with Crippen LogP contribution in [0.15, 0.2) is 48.9 Å². The average Bonchev–Trinajstić information content (AvgIpc) is 3.44. The number of benzene rings is 1. The minimum absolute atomic E-state index is 0.141. The number of hydrogen-bond donors (Lipinski definition) is 0. The van der Waals surface area contributed by atoms with E-state index in [9.17, 15) is 18.0 Å². The van der Waals surface area contributed by atoms with Gasteiger partial charge < -0.3 is 9.80 Å². The monoisotopic (exact) mass is 487 g/mol. The molecule has 2 atom stereocenters. The highest BCUT2D eigenvalue weighted by Crippen LogP contribution is 2.39. The Morgan fingerprint density at radius 2 is 1.85 bits per heavy atom. The number of nitrogens with zero attached hydrogens (tertiary/aromatic N) is 5. The lowest BCUT2D eigenvalue weighted by Gasteiger charge is -2.35. The van der Waals surface area contributed by atoms with Crippen LogP contribution in [-0.2, 0) is 11.0 Å². The fourth-order valence-electron chi connectivity index (χ4n) is 4.76. The van der Waals surface area contributed by atoms with Gasteiger partial charge in [-0.3, -0.25) is 14.8 Å². The number of halogens is 4.